The first-order valence-electron chi connectivity index (χ1n) is 3.98. The van der Waals surface area contributed by atoms with E-state index in [4.69, 9.17) is 4.74 Å². The first kappa shape index (κ1) is 9.26. The van der Waals surface area contributed by atoms with Crippen molar-refractivity contribution in [1.82, 2.24) is 0 Å². The predicted octanol–water partition coefficient (Wildman–Crippen LogP) is 0.875. The molecule has 0 amide bonds. The average molecular weight is 170 g/mol. The molecule has 1 rings (SSSR count). The quantitative estimate of drug-likeness (QED) is 0.594. The first-order valence-corrected chi connectivity index (χ1v) is 3.98. The maximum atomic E-state index is 10.7. The zero-order chi connectivity index (χ0) is 9.35. The fourth-order valence-electron chi connectivity index (χ4n) is 1.05. The van der Waals surface area contributed by atoms with Crippen LogP contribution in [0.5, 0.6) is 0 Å². The van der Waals surface area contributed by atoms with Gasteiger partial charge >= 0.3 is 5.97 Å². The topological polar surface area (TPSA) is 46.5 Å². The maximum Gasteiger partial charge on any atom is 0.331 e. The van der Waals surface area contributed by atoms with Gasteiger partial charge in [-0.1, -0.05) is 20.8 Å². The van der Waals surface area contributed by atoms with Gasteiger partial charge in [0.1, 0.15) is 6.10 Å². The van der Waals surface area contributed by atoms with Crippen LogP contribution in [0.1, 0.15) is 20.8 Å². The van der Waals surface area contributed by atoms with E-state index >= 15 is 0 Å². The summed E-state index contributed by atoms with van der Waals surface area (Å²) >= 11 is 0. The van der Waals surface area contributed by atoms with Crippen molar-refractivity contribution in [3.63, 3.8) is 0 Å². The Balaban J connectivity index is 2.61. The Bertz CT molecular complexity index is 212. The Hall–Kier alpha value is -0.830. The summed E-state index contributed by atoms with van der Waals surface area (Å²) in [6.07, 6.45) is 1.83. The fraction of sp³-hybridized carbons (Fsp3) is 0.667. The molecule has 0 aromatic heterocycles. The van der Waals surface area contributed by atoms with Gasteiger partial charge in [-0.2, -0.15) is 0 Å². The molecule has 0 aromatic rings. The lowest BCUT2D eigenvalue weighted by molar-refractivity contribution is -0.145. The molecule has 3 nitrogen and oxygen atoms in total. The highest BCUT2D eigenvalue weighted by Crippen LogP contribution is 2.25. The van der Waals surface area contributed by atoms with E-state index in [-0.39, 0.29) is 11.4 Å². The van der Waals surface area contributed by atoms with E-state index in [9.17, 15) is 9.90 Å². The standard InChI is InChI=1S/C9H14O3/c1-9(2,3)8(11)6-4-5-7(10)12-6/h4-6,8,11H,1-3H3/t6-,8+/m0/s1. The lowest BCUT2D eigenvalue weighted by atomic mass is 9.86. The van der Waals surface area contributed by atoms with Crippen molar-refractivity contribution in [3.8, 4) is 0 Å². The summed E-state index contributed by atoms with van der Waals surface area (Å²) in [5, 5.41) is 9.67. The Morgan fingerprint density at radius 2 is 2.17 bits per heavy atom. The second-order valence-electron chi connectivity index (χ2n) is 4.07. The maximum absolute atomic E-state index is 10.7. The van der Waals surface area contributed by atoms with E-state index in [1.54, 1.807) is 6.08 Å². The van der Waals surface area contributed by atoms with Crippen LogP contribution in [0, 0.1) is 5.41 Å². The fourth-order valence-corrected chi connectivity index (χ4v) is 1.05. The van der Waals surface area contributed by atoms with Crippen LogP contribution in [0.3, 0.4) is 0 Å². The Kier molecular flexibility index (Phi) is 2.24. The van der Waals surface area contributed by atoms with Gasteiger partial charge in [0.15, 0.2) is 0 Å². The van der Waals surface area contributed by atoms with Crippen molar-refractivity contribution >= 4 is 5.97 Å². The highest BCUT2D eigenvalue weighted by atomic mass is 16.6. The minimum absolute atomic E-state index is 0.264. The summed E-state index contributed by atoms with van der Waals surface area (Å²) < 4.78 is 4.85. The molecule has 1 N–H and O–H groups in total. The lowest BCUT2D eigenvalue weighted by Crippen LogP contribution is -2.37. The van der Waals surface area contributed by atoms with Crippen LogP contribution in [0.4, 0.5) is 0 Å². The summed E-state index contributed by atoms with van der Waals surface area (Å²) in [4.78, 5) is 10.7. The molecule has 0 aromatic carbocycles. The molecule has 1 heterocycles. The summed E-state index contributed by atoms with van der Waals surface area (Å²) in [6, 6.07) is 0. The Morgan fingerprint density at radius 1 is 1.58 bits per heavy atom. The Morgan fingerprint density at radius 3 is 2.50 bits per heavy atom. The second kappa shape index (κ2) is 2.90. The number of rotatable bonds is 1. The van der Waals surface area contributed by atoms with E-state index < -0.39 is 12.2 Å². The van der Waals surface area contributed by atoms with Gasteiger partial charge in [0.05, 0.1) is 6.10 Å². The number of carbonyl (C=O) groups excluding carboxylic acids is 1. The molecule has 68 valence electrons. The third-order valence-electron chi connectivity index (χ3n) is 1.87. The summed E-state index contributed by atoms with van der Waals surface area (Å²) in [7, 11) is 0. The summed E-state index contributed by atoms with van der Waals surface area (Å²) in [6.45, 7) is 5.70. The number of ether oxygens (including phenoxy) is 1. The second-order valence-corrected chi connectivity index (χ2v) is 4.07. The third-order valence-corrected chi connectivity index (χ3v) is 1.87. The summed E-state index contributed by atoms with van der Waals surface area (Å²) in [5.74, 6) is -0.372. The molecule has 0 saturated heterocycles. The molecule has 0 aliphatic carbocycles. The van der Waals surface area contributed by atoms with Crippen molar-refractivity contribution in [2.45, 2.75) is 33.0 Å². The van der Waals surface area contributed by atoms with Crippen LogP contribution in [-0.2, 0) is 9.53 Å². The molecule has 0 fully saturated rings. The van der Waals surface area contributed by atoms with E-state index in [0.717, 1.165) is 0 Å². The molecule has 1 aliphatic heterocycles. The minimum atomic E-state index is -0.639. The smallest absolute Gasteiger partial charge is 0.331 e. The van der Waals surface area contributed by atoms with E-state index in [1.165, 1.54) is 6.08 Å². The molecule has 0 bridgehead atoms. The molecule has 2 atom stereocenters. The highest BCUT2D eigenvalue weighted by molar-refractivity contribution is 5.84. The molecular weight excluding hydrogens is 156 g/mol. The van der Waals surface area contributed by atoms with Gasteiger partial charge in [0.25, 0.3) is 0 Å². The number of esters is 1. The molecule has 1 aliphatic rings. The number of aliphatic hydroxyl groups is 1. The van der Waals surface area contributed by atoms with Gasteiger partial charge in [-0.05, 0) is 11.5 Å². The Labute approximate surface area is 72.0 Å². The van der Waals surface area contributed by atoms with Crippen molar-refractivity contribution < 1.29 is 14.6 Å². The van der Waals surface area contributed by atoms with Gasteiger partial charge < -0.3 is 9.84 Å². The zero-order valence-electron chi connectivity index (χ0n) is 7.57. The monoisotopic (exact) mass is 170 g/mol. The van der Waals surface area contributed by atoms with E-state index in [2.05, 4.69) is 0 Å². The number of cyclic esters (lactones) is 1. The van der Waals surface area contributed by atoms with Crippen molar-refractivity contribution in [3.05, 3.63) is 12.2 Å². The molecular formula is C9H14O3. The van der Waals surface area contributed by atoms with Crippen LogP contribution in [0.2, 0.25) is 0 Å². The zero-order valence-corrected chi connectivity index (χ0v) is 7.57. The van der Waals surface area contributed by atoms with Crippen LogP contribution in [0.15, 0.2) is 12.2 Å². The van der Waals surface area contributed by atoms with Gasteiger partial charge in [-0.15, -0.1) is 0 Å². The van der Waals surface area contributed by atoms with Gasteiger partial charge in [0, 0.05) is 6.08 Å². The van der Waals surface area contributed by atoms with Crippen molar-refractivity contribution in [2.75, 3.05) is 0 Å². The number of hydrogen-bond acceptors (Lipinski definition) is 3. The molecule has 0 unspecified atom stereocenters. The minimum Gasteiger partial charge on any atom is -0.452 e. The first-order chi connectivity index (χ1) is 5.41. The van der Waals surface area contributed by atoms with Crippen molar-refractivity contribution in [2.24, 2.45) is 5.41 Å². The molecule has 12 heavy (non-hydrogen) atoms. The van der Waals surface area contributed by atoms with Crippen molar-refractivity contribution in [1.29, 1.82) is 0 Å². The SMILES string of the molecule is CC(C)(C)[C@H](O)[C@@H]1C=CC(=O)O1. The van der Waals surface area contributed by atoms with Gasteiger partial charge in [0.2, 0.25) is 0 Å². The lowest BCUT2D eigenvalue weighted by Gasteiger charge is -2.28. The van der Waals surface area contributed by atoms with E-state index in [1.807, 2.05) is 20.8 Å². The largest absolute Gasteiger partial charge is 0.452 e. The normalized spacial score (nSPS) is 25.7. The van der Waals surface area contributed by atoms with Crippen LogP contribution in [-0.4, -0.2) is 23.3 Å². The van der Waals surface area contributed by atoms with Crippen LogP contribution in [0.25, 0.3) is 0 Å². The van der Waals surface area contributed by atoms with Gasteiger partial charge in [-0.3, -0.25) is 0 Å². The highest BCUT2D eigenvalue weighted by Gasteiger charge is 2.33. The van der Waals surface area contributed by atoms with Crippen LogP contribution < -0.4 is 0 Å². The summed E-state index contributed by atoms with van der Waals surface area (Å²) in [5.41, 5.74) is -0.264. The number of aliphatic hydroxyl groups excluding tert-OH is 1. The number of carbonyl (C=O) groups is 1. The molecule has 0 saturated carbocycles. The third kappa shape index (κ3) is 1.85. The molecule has 3 heteroatoms. The average Bonchev–Trinajstić information content (AvgIpc) is 2.32. The van der Waals surface area contributed by atoms with Crippen LogP contribution >= 0.6 is 0 Å². The molecule has 0 spiro atoms. The van der Waals surface area contributed by atoms with Gasteiger partial charge in [-0.25, -0.2) is 4.79 Å². The predicted molar refractivity (Wildman–Crippen MR) is 44.5 cm³/mol. The molecule has 0 radical (unpaired) electrons. The number of hydrogen-bond donors (Lipinski definition) is 1. The van der Waals surface area contributed by atoms with E-state index in [0.29, 0.717) is 0 Å².